The van der Waals surface area contributed by atoms with Crippen LogP contribution in [0.25, 0.3) is 0 Å². The van der Waals surface area contributed by atoms with Gasteiger partial charge in [0.25, 0.3) is 0 Å². The second kappa shape index (κ2) is 7.85. The number of hydrogen-bond donors (Lipinski definition) is 0. The monoisotopic (exact) mass is 210 g/mol. The van der Waals surface area contributed by atoms with Gasteiger partial charge in [-0.2, -0.15) is 0 Å². The molecule has 0 N–H and O–H groups in total. The van der Waals surface area contributed by atoms with E-state index >= 15 is 0 Å². The fourth-order valence-corrected chi connectivity index (χ4v) is 1.05. The van der Waals surface area contributed by atoms with Gasteiger partial charge in [-0.05, 0) is 19.9 Å². The van der Waals surface area contributed by atoms with Crippen molar-refractivity contribution in [3.05, 3.63) is 37.6 Å². The van der Waals surface area contributed by atoms with Gasteiger partial charge in [-0.3, -0.25) is 0 Å². The van der Waals surface area contributed by atoms with E-state index in [4.69, 9.17) is 9.47 Å². The third-order valence-corrected chi connectivity index (χ3v) is 1.67. The zero-order chi connectivity index (χ0) is 11.7. The van der Waals surface area contributed by atoms with Gasteiger partial charge < -0.3 is 9.47 Å². The second-order valence-corrected chi connectivity index (χ2v) is 3.20. The lowest BCUT2D eigenvalue weighted by Crippen LogP contribution is -2.19. The minimum absolute atomic E-state index is 0.00573. The Morgan fingerprint density at radius 2 is 2.00 bits per heavy atom. The predicted octanol–water partition coefficient (Wildman–Crippen LogP) is 2.60. The number of carbonyl (C=O) groups excluding carboxylic acids is 1. The lowest BCUT2D eigenvalue weighted by atomic mass is 10.2. The van der Waals surface area contributed by atoms with Gasteiger partial charge in [0.05, 0.1) is 12.4 Å². The van der Waals surface area contributed by atoms with Gasteiger partial charge in [-0.15, -0.1) is 0 Å². The zero-order valence-corrected chi connectivity index (χ0v) is 9.31. The molecule has 0 bridgehead atoms. The van der Waals surface area contributed by atoms with E-state index in [0.717, 1.165) is 6.08 Å². The van der Waals surface area contributed by atoms with Crippen molar-refractivity contribution in [1.29, 1.82) is 0 Å². The summed E-state index contributed by atoms with van der Waals surface area (Å²) in [6, 6.07) is 0. The molecule has 0 aliphatic carbocycles. The number of esters is 1. The molecule has 15 heavy (non-hydrogen) atoms. The van der Waals surface area contributed by atoms with Crippen LogP contribution in [-0.4, -0.2) is 18.2 Å². The molecule has 0 aliphatic heterocycles. The molecule has 3 nitrogen and oxygen atoms in total. The van der Waals surface area contributed by atoms with Gasteiger partial charge in [-0.25, -0.2) is 4.79 Å². The third kappa shape index (κ3) is 7.55. The molecule has 0 fully saturated rings. The Kier molecular flexibility index (Phi) is 7.06. The minimum Gasteiger partial charge on any atom is -0.498 e. The third-order valence-electron chi connectivity index (χ3n) is 1.67. The smallest absolute Gasteiger partial charge is 0.330 e. The fourth-order valence-electron chi connectivity index (χ4n) is 1.05. The number of carbonyl (C=O) groups is 1. The first-order valence-electron chi connectivity index (χ1n) is 4.86. The summed E-state index contributed by atoms with van der Waals surface area (Å²) in [6.07, 6.45) is 6.52. The van der Waals surface area contributed by atoms with Crippen LogP contribution in [0.4, 0.5) is 0 Å². The highest BCUT2D eigenvalue weighted by Crippen LogP contribution is 2.06. The Labute approximate surface area is 91.1 Å². The summed E-state index contributed by atoms with van der Waals surface area (Å²) in [6.45, 7) is 10.6. The zero-order valence-electron chi connectivity index (χ0n) is 9.31. The van der Waals surface area contributed by atoms with Gasteiger partial charge in [0.2, 0.25) is 0 Å². The maximum absolute atomic E-state index is 10.9. The minimum atomic E-state index is -0.406. The normalized spacial score (nSPS) is 14.3. The van der Waals surface area contributed by atoms with Crippen molar-refractivity contribution in [2.24, 2.45) is 0 Å². The summed E-state index contributed by atoms with van der Waals surface area (Å²) in [4.78, 5) is 10.9. The molecule has 2 atom stereocenters. The number of hydrogen-bond acceptors (Lipinski definition) is 3. The maximum Gasteiger partial charge on any atom is 0.330 e. The van der Waals surface area contributed by atoms with Crippen molar-refractivity contribution in [3.63, 3.8) is 0 Å². The summed E-state index contributed by atoms with van der Waals surface area (Å²) in [5.41, 5.74) is 0. The van der Waals surface area contributed by atoms with E-state index < -0.39 is 5.97 Å². The molecule has 3 heteroatoms. The molecule has 0 amide bonds. The molecule has 0 rings (SSSR count). The predicted molar refractivity (Wildman–Crippen MR) is 60.3 cm³/mol. The maximum atomic E-state index is 10.9. The van der Waals surface area contributed by atoms with Crippen molar-refractivity contribution < 1.29 is 14.3 Å². The standard InChI is InChI=1S/C12H18O3/c1-5-7-8-14-10(3)9-11(4)15-12(13)6-2/h5-8,10-11H,1-2,9H2,3-4H3/b8-7+. The largest absolute Gasteiger partial charge is 0.498 e. The summed E-state index contributed by atoms with van der Waals surface area (Å²) >= 11 is 0. The van der Waals surface area contributed by atoms with Crippen LogP contribution in [0.15, 0.2) is 37.6 Å². The first-order chi connectivity index (χ1) is 7.10. The molecule has 0 aromatic carbocycles. The SMILES string of the molecule is C=C/C=C/OC(C)CC(C)OC(=O)C=C. The lowest BCUT2D eigenvalue weighted by Gasteiger charge is -2.16. The molecule has 0 aliphatic rings. The molecule has 0 saturated carbocycles. The molecule has 2 unspecified atom stereocenters. The molecule has 0 spiro atoms. The van der Waals surface area contributed by atoms with E-state index in [0.29, 0.717) is 6.42 Å². The molecule has 0 aromatic heterocycles. The number of allylic oxidation sites excluding steroid dienone is 2. The van der Waals surface area contributed by atoms with E-state index in [1.807, 2.05) is 13.8 Å². The Balaban J connectivity index is 3.79. The quantitative estimate of drug-likeness (QED) is 0.280. The fraction of sp³-hybridized carbons (Fsp3) is 0.417. The summed E-state index contributed by atoms with van der Waals surface area (Å²) in [5.74, 6) is -0.406. The molecule has 0 aromatic rings. The van der Waals surface area contributed by atoms with Crippen molar-refractivity contribution >= 4 is 5.97 Å². The lowest BCUT2D eigenvalue weighted by molar-refractivity contribution is -0.143. The Morgan fingerprint density at radius 1 is 1.33 bits per heavy atom. The van der Waals surface area contributed by atoms with E-state index in [2.05, 4.69) is 13.2 Å². The summed E-state index contributed by atoms with van der Waals surface area (Å²) in [7, 11) is 0. The van der Waals surface area contributed by atoms with Crippen molar-refractivity contribution in [2.45, 2.75) is 32.5 Å². The van der Waals surface area contributed by atoms with Gasteiger partial charge >= 0.3 is 5.97 Å². The highest BCUT2D eigenvalue weighted by atomic mass is 16.5. The van der Waals surface area contributed by atoms with Crippen molar-refractivity contribution in [2.75, 3.05) is 0 Å². The highest BCUT2D eigenvalue weighted by Gasteiger charge is 2.11. The van der Waals surface area contributed by atoms with Crippen LogP contribution in [0, 0.1) is 0 Å². The first-order valence-corrected chi connectivity index (χ1v) is 4.86. The van der Waals surface area contributed by atoms with Gasteiger partial charge in [0.1, 0.15) is 6.10 Å². The molecule has 0 saturated heterocycles. The van der Waals surface area contributed by atoms with Crippen LogP contribution in [0.2, 0.25) is 0 Å². The van der Waals surface area contributed by atoms with Crippen LogP contribution in [0.5, 0.6) is 0 Å². The Bertz CT molecular complexity index is 243. The molecule has 84 valence electrons. The molecular formula is C12H18O3. The highest BCUT2D eigenvalue weighted by molar-refractivity contribution is 5.81. The van der Waals surface area contributed by atoms with E-state index in [1.165, 1.54) is 0 Å². The topological polar surface area (TPSA) is 35.5 Å². The van der Waals surface area contributed by atoms with Crippen LogP contribution >= 0.6 is 0 Å². The summed E-state index contributed by atoms with van der Waals surface area (Å²) in [5, 5.41) is 0. The number of ether oxygens (including phenoxy) is 2. The first kappa shape index (κ1) is 13.5. The molecule has 0 heterocycles. The second-order valence-electron chi connectivity index (χ2n) is 3.20. The van der Waals surface area contributed by atoms with Crippen molar-refractivity contribution in [3.8, 4) is 0 Å². The average Bonchev–Trinajstić information content (AvgIpc) is 2.17. The summed E-state index contributed by atoms with van der Waals surface area (Å²) < 4.78 is 10.3. The van der Waals surface area contributed by atoms with E-state index in [9.17, 15) is 4.79 Å². The Hall–Kier alpha value is -1.51. The van der Waals surface area contributed by atoms with Crippen LogP contribution in [0.3, 0.4) is 0 Å². The van der Waals surface area contributed by atoms with Crippen molar-refractivity contribution in [1.82, 2.24) is 0 Å². The van der Waals surface area contributed by atoms with Gasteiger partial charge in [-0.1, -0.05) is 19.2 Å². The number of rotatable bonds is 7. The van der Waals surface area contributed by atoms with Crippen LogP contribution in [0.1, 0.15) is 20.3 Å². The Morgan fingerprint density at radius 3 is 2.53 bits per heavy atom. The molecular weight excluding hydrogens is 192 g/mol. The van der Waals surface area contributed by atoms with E-state index in [1.54, 1.807) is 18.4 Å². The molecule has 0 radical (unpaired) electrons. The van der Waals surface area contributed by atoms with Gasteiger partial charge in [0, 0.05) is 12.5 Å². The average molecular weight is 210 g/mol. The van der Waals surface area contributed by atoms with E-state index in [-0.39, 0.29) is 12.2 Å². The van der Waals surface area contributed by atoms with Crippen LogP contribution < -0.4 is 0 Å². The van der Waals surface area contributed by atoms with Crippen LogP contribution in [-0.2, 0) is 14.3 Å². The van der Waals surface area contributed by atoms with Gasteiger partial charge in [0.15, 0.2) is 0 Å².